The Labute approximate surface area is 149 Å². The van der Waals surface area contributed by atoms with Gasteiger partial charge in [-0.05, 0) is 32.9 Å². The Morgan fingerprint density at radius 3 is 2.40 bits per heavy atom. The Hall–Kier alpha value is -2.14. The molecule has 25 heavy (non-hydrogen) atoms. The van der Waals surface area contributed by atoms with Gasteiger partial charge in [0.1, 0.15) is 5.82 Å². The molecule has 4 rings (SSSR count). The van der Waals surface area contributed by atoms with E-state index in [2.05, 4.69) is 23.8 Å². The number of fused-ring (bicyclic) bond motifs is 1. The van der Waals surface area contributed by atoms with E-state index < -0.39 is 0 Å². The van der Waals surface area contributed by atoms with Gasteiger partial charge in [0.15, 0.2) is 0 Å². The fourth-order valence-electron chi connectivity index (χ4n) is 3.97. The number of carbonyl (C=O) groups is 1. The summed E-state index contributed by atoms with van der Waals surface area (Å²) in [5.74, 6) is 1.15. The summed E-state index contributed by atoms with van der Waals surface area (Å²) in [5, 5.41) is 0.981. The van der Waals surface area contributed by atoms with Gasteiger partial charge in [-0.25, -0.2) is 4.98 Å². The number of hydrogen-bond donors (Lipinski definition) is 0. The normalized spacial score (nSPS) is 19.0. The van der Waals surface area contributed by atoms with Crippen molar-refractivity contribution in [1.82, 2.24) is 14.8 Å². The lowest BCUT2D eigenvalue weighted by atomic mass is 10.0. The number of benzene rings is 1. The van der Waals surface area contributed by atoms with Crippen molar-refractivity contribution >= 4 is 22.6 Å². The van der Waals surface area contributed by atoms with E-state index in [0.717, 1.165) is 80.0 Å². The van der Waals surface area contributed by atoms with E-state index in [4.69, 9.17) is 4.98 Å². The van der Waals surface area contributed by atoms with Crippen LogP contribution in [0, 0.1) is 6.92 Å². The molecule has 0 saturated carbocycles. The van der Waals surface area contributed by atoms with Crippen LogP contribution in [0.3, 0.4) is 0 Å². The van der Waals surface area contributed by atoms with Crippen LogP contribution in [0.1, 0.15) is 28.8 Å². The largest absolute Gasteiger partial charge is 0.354 e. The Kier molecular flexibility index (Phi) is 4.34. The minimum atomic E-state index is 0.170. The molecule has 0 radical (unpaired) electrons. The number of hydrogen-bond acceptors (Lipinski definition) is 4. The van der Waals surface area contributed by atoms with Crippen LogP contribution in [0.2, 0.25) is 0 Å². The van der Waals surface area contributed by atoms with Gasteiger partial charge in [-0.2, -0.15) is 0 Å². The second-order valence-electron chi connectivity index (χ2n) is 7.24. The smallest absolute Gasteiger partial charge is 0.254 e. The van der Waals surface area contributed by atoms with Gasteiger partial charge < -0.3 is 14.7 Å². The van der Waals surface area contributed by atoms with Crippen molar-refractivity contribution in [3.63, 3.8) is 0 Å². The fourth-order valence-corrected chi connectivity index (χ4v) is 3.97. The van der Waals surface area contributed by atoms with Crippen molar-refractivity contribution in [2.75, 3.05) is 51.2 Å². The summed E-state index contributed by atoms with van der Waals surface area (Å²) in [4.78, 5) is 24.8. The van der Waals surface area contributed by atoms with Gasteiger partial charge in [-0.1, -0.05) is 18.2 Å². The van der Waals surface area contributed by atoms with E-state index in [1.165, 1.54) is 0 Å². The maximum Gasteiger partial charge on any atom is 0.254 e. The number of aromatic nitrogens is 1. The van der Waals surface area contributed by atoms with Crippen molar-refractivity contribution in [3.05, 3.63) is 35.4 Å². The topological polar surface area (TPSA) is 39.7 Å². The number of carbonyl (C=O) groups excluding carboxylic acids is 1. The summed E-state index contributed by atoms with van der Waals surface area (Å²) in [6.07, 6.45) is 2.22. The highest BCUT2D eigenvalue weighted by molar-refractivity contribution is 6.08. The van der Waals surface area contributed by atoms with Crippen LogP contribution in [-0.2, 0) is 0 Å². The number of pyridine rings is 1. The molecule has 2 fully saturated rings. The van der Waals surface area contributed by atoms with Gasteiger partial charge in [-0.15, -0.1) is 0 Å². The molecule has 3 heterocycles. The molecule has 0 bridgehead atoms. The van der Waals surface area contributed by atoms with Crippen molar-refractivity contribution in [2.24, 2.45) is 0 Å². The lowest BCUT2D eigenvalue weighted by molar-refractivity contribution is 0.0794. The summed E-state index contributed by atoms with van der Waals surface area (Å²) in [6.45, 7) is 7.79. The molecule has 1 amide bonds. The van der Waals surface area contributed by atoms with Gasteiger partial charge >= 0.3 is 0 Å². The van der Waals surface area contributed by atoms with E-state index in [-0.39, 0.29) is 5.91 Å². The molecule has 1 aromatic carbocycles. The number of likely N-dealkylation sites (tertiary alicyclic amines) is 1. The third-order valence-corrected chi connectivity index (χ3v) is 5.52. The van der Waals surface area contributed by atoms with Crippen LogP contribution in [0.15, 0.2) is 24.3 Å². The Balaban J connectivity index is 1.82. The third kappa shape index (κ3) is 2.97. The van der Waals surface area contributed by atoms with E-state index in [1.807, 2.05) is 29.2 Å². The van der Waals surface area contributed by atoms with Crippen LogP contribution >= 0.6 is 0 Å². The zero-order chi connectivity index (χ0) is 17.4. The molecule has 2 saturated heterocycles. The maximum atomic E-state index is 13.2. The van der Waals surface area contributed by atoms with Crippen molar-refractivity contribution in [2.45, 2.75) is 19.8 Å². The molecule has 1 aromatic heterocycles. The fraction of sp³-hybridized carbons (Fsp3) is 0.500. The molecule has 0 atom stereocenters. The first-order valence-electron chi connectivity index (χ1n) is 9.27. The van der Waals surface area contributed by atoms with Crippen LogP contribution < -0.4 is 4.90 Å². The second-order valence-corrected chi connectivity index (χ2v) is 7.24. The number of anilines is 1. The van der Waals surface area contributed by atoms with E-state index >= 15 is 0 Å². The Morgan fingerprint density at radius 1 is 1.00 bits per heavy atom. The van der Waals surface area contributed by atoms with Gasteiger partial charge in [-0.3, -0.25) is 4.79 Å². The number of piperazine rings is 1. The number of para-hydroxylation sites is 1. The summed E-state index contributed by atoms with van der Waals surface area (Å²) in [7, 11) is 2.15. The van der Waals surface area contributed by atoms with Gasteiger partial charge in [0.25, 0.3) is 5.91 Å². The van der Waals surface area contributed by atoms with E-state index in [1.54, 1.807) is 0 Å². The minimum absolute atomic E-state index is 0.170. The predicted molar refractivity (Wildman–Crippen MR) is 101 cm³/mol. The molecular weight excluding hydrogens is 312 g/mol. The van der Waals surface area contributed by atoms with Crippen molar-refractivity contribution in [1.29, 1.82) is 0 Å². The second kappa shape index (κ2) is 6.64. The summed E-state index contributed by atoms with van der Waals surface area (Å²) in [5.41, 5.74) is 2.80. The highest BCUT2D eigenvalue weighted by Gasteiger charge is 2.27. The zero-order valence-corrected chi connectivity index (χ0v) is 15.2. The van der Waals surface area contributed by atoms with Gasteiger partial charge in [0.2, 0.25) is 0 Å². The Bertz CT molecular complexity index is 790. The first kappa shape index (κ1) is 16.3. The standard InChI is InChI=1S/C20H26N4O/c1-15-18(20(25)24-9-5-6-10-24)16-7-3-4-8-17(16)21-19(15)23-13-11-22(2)12-14-23/h3-4,7-8H,5-6,9-14H2,1-2H3. The zero-order valence-electron chi connectivity index (χ0n) is 15.2. The molecule has 0 unspecified atom stereocenters. The van der Waals surface area contributed by atoms with Gasteiger partial charge in [0, 0.05) is 50.2 Å². The number of likely N-dealkylation sites (N-methyl/N-ethyl adjacent to an activating group) is 1. The maximum absolute atomic E-state index is 13.2. The van der Waals surface area contributed by atoms with Crippen LogP contribution in [0.25, 0.3) is 10.9 Å². The van der Waals surface area contributed by atoms with Gasteiger partial charge in [0.05, 0.1) is 11.1 Å². The lowest BCUT2D eigenvalue weighted by Crippen LogP contribution is -2.45. The quantitative estimate of drug-likeness (QED) is 0.844. The molecule has 0 aliphatic carbocycles. The first-order valence-corrected chi connectivity index (χ1v) is 9.27. The number of rotatable bonds is 2. The molecule has 5 nitrogen and oxygen atoms in total. The summed E-state index contributed by atoms with van der Waals surface area (Å²) in [6, 6.07) is 8.06. The van der Waals surface area contributed by atoms with Crippen LogP contribution in [-0.4, -0.2) is 67.0 Å². The highest BCUT2D eigenvalue weighted by Crippen LogP contribution is 2.30. The molecule has 5 heteroatoms. The number of amides is 1. The first-order chi connectivity index (χ1) is 12.1. The lowest BCUT2D eigenvalue weighted by Gasteiger charge is -2.34. The summed E-state index contributed by atoms with van der Waals surface area (Å²) >= 11 is 0. The molecule has 132 valence electrons. The average molecular weight is 338 g/mol. The molecule has 2 aromatic rings. The van der Waals surface area contributed by atoms with E-state index in [0.29, 0.717) is 0 Å². The van der Waals surface area contributed by atoms with Crippen molar-refractivity contribution in [3.8, 4) is 0 Å². The SMILES string of the molecule is Cc1c(N2CCN(C)CC2)nc2ccccc2c1C(=O)N1CCCC1. The van der Waals surface area contributed by atoms with Crippen molar-refractivity contribution < 1.29 is 4.79 Å². The van der Waals surface area contributed by atoms with E-state index in [9.17, 15) is 4.79 Å². The predicted octanol–water partition coefficient (Wildman–Crippen LogP) is 2.53. The molecule has 2 aliphatic heterocycles. The molecule has 2 aliphatic rings. The molecule has 0 N–H and O–H groups in total. The van der Waals surface area contributed by atoms with Crippen LogP contribution in [0.4, 0.5) is 5.82 Å². The average Bonchev–Trinajstić information content (AvgIpc) is 3.16. The Morgan fingerprint density at radius 2 is 1.68 bits per heavy atom. The summed E-state index contributed by atoms with van der Waals surface area (Å²) < 4.78 is 0. The van der Waals surface area contributed by atoms with Crippen LogP contribution in [0.5, 0.6) is 0 Å². The third-order valence-electron chi connectivity index (χ3n) is 5.52. The number of nitrogens with zero attached hydrogens (tertiary/aromatic N) is 4. The minimum Gasteiger partial charge on any atom is -0.354 e. The molecular formula is C20H26N4O. The monoisotopic (exact) mass is 338 g/mol. The highest BCUT2D eigenvalue weighted by atomic mass is 16.2. The molecule has 0 spiro atoms.